The first-order valence-corrected chi connectivity index (χ1v) is 11.0. The Hall–Kier alpha value is -3.26. The molecule has 7 nitrogen and oxygen atoms in total. The molecule has 34 heavy (non-hydrogen) atoms. The lowest BCUT2D eigenvalue weighted by atomic mass is 9.79. The van der Waals surface area contributed by atoms with Gasteiger partial charge in [-0.25, -0.2) is 23.1 Å². The average Bonchev–Trinajstić information content (AvgIpc) is 2.78. The molecule has 0 aliphatic rings. The van der Waals surface area contributed by atoms with E-state index in [0.29, 0.717) is 11.8 Å². The fourth-order valence-electron chi connectivity index (χ4n) is 3.36. The van der Waals surface area contributed by atoms with Gasteiger partial charge in [0, 0.05) is 5.69 Å². The summed E-state index contributed by atoms with van der Waals surface area (Å²) in [5.41, 5.74) is 6.02. The molecular weight excluding hydrogens is 467 g/mol. The number of hydrogen-bond acceptors (Lipinski definition) is 6. The van der Waals surface area contributed by atoms with Gasteiger partial charge < -0.3 is 15.8 Å². The first-order chi connectivity index (χ1) is 15.9. The van der Waals surface area contributed by atoms with Crippen molar-refractivity contribution in [3.63, 3.8) is 0 Å². The highest BCUT2D eigenvalue weighted by Crippen LogP contribution is 2.45. The number of aromatic nitrogens is 2. The first-order valence-electron chi connectivity index (χ1n) is 10.2. The quantitative estimate of drug-likeness (QED) is 0.268. The number of nitrogens with zero attached hydrogens (tertiary/aromatic N) is 2. The molecule has 182 valence electrons. The molecule has 2 aromatic rings. The molecule has 0 fully saturated rings. The van der Waals surface area contributed by atoms with Gasteiger partial charge >= 0.3 is 0 Å². The lowest BCUT2D eigenvalue weighted by Crippen LogP contribution is -2.42. The fraction of sp³-hybridized carbons (Fsp3) is 0.391. The number of thioether (sulfide) groups is 1. The highest BCUT2D eigenvalue weighted by molar-refractivity contribution is 8.14. The molecule has 1 aromatic heterocycles. The van der Waals surface area contributed by atoms with Gasteiger partial charge in [0.2, 0.25) is 5.88 Å². The van der Waals surface area contributed by atoms with Gasteiger partial charge in [0.1, 0.15) is 11.5 Å². The number of nitrogens with one attached hydrogen (secondary N) is 2. The lowest BCUT2D eigenvalue weighted by molar-refractivity contribution is 0.0748. The number of amides is 1. The van der Waals surface area contributed by atoms with Crippen molar-refractivity contribution in [3.8, 4) is 18.2 Å². The van der Waals surface area contributed by atoms with Gasteiger partial charge in [-0.1, -0.05) is 31.5 Å². The van der Waals surface area contributed by atoms with Crippen LogP contribution in [-0.2, 0) is 0 Å². The van der Waals surface area contributed by atoms with Crippen molar-refractivity contribution < 1.29 is 22.7 Å². The van der Waals surface area contributed by atoms with E-state index in [1.807, 2.05) is 0 Å². The smallest absolute Gasteiger partial charge is 0.275 e. The Bertz CT molecular complexity index is 1090. The summed E-state index contributed by atoms with van der Waals surface area (Å²) in [5, 5.41) is 9.64. The molecule has 1 amide bonds. The number of benzene rings is 1. The summed E-state index contributed by atoms with van der Waals surface area (Å²) in [6, 6.07) is 2.84. The maximum absolute atomic E-state index is 15.0. The Kier molecular flexibility index (Phi) is 8.93. The highest BCUT2D eigenvalue weighted by Gasteiger charge is 2.45. The number of aryl methyl sites for hydroxylation is 1. The molecule has 3 atom stereocenters. The number of hydrogen-bond donors (Lipinski definition) is 3. The third kappa shape index (κ3) is 6.20. The van der Waals surface area contributed by atoms with E-state index in [0.717, 1.165) is 0 Å². The van der Waals surface area contributed by atoms with Crippen molar-refractivity contribution in [2.75, 3.05) is 11.9 Å². The zero-order valence-electron chi connectivity index (χ0n) is 19.2. The number of terminal acetylenes is 1. The maximum atomic E-state index is 15.0. The van der Waals surface area contributed by atoms with E-state index in [1.165, 1.54) is 38.4 Å². The van der Waals surface area contributed by atoms with E-state index >= 15 is 4.39 Å². The number of carbonyl (C=O) groups is 1. The molecule has 1 aromatic carbocycles. The molecule has 2 rings (SSSR count). The molecule has 0 spiro atoms. The summed E-state index contributed by atoms with van der Waals surface area (Å²) in [5.74, 6) is -0.181. The van der Waals surface area contributed by atoms with E-state index in [-0.39, 0.29) is 35.0 Å². The molecule has 4 N–H and O–H groups in total. The van der Waals surface area contributed by atoms with Crippen LogP contribution in [0.1, 0.15) is 48.3 Å². The molecule has 1 heterocycles. The number of halogens is 3. The van der Waals surface area contributed by atoms with Gasteiger partial charge in [0.15, 0.2) is 11.8 Å². The molecular formula is C23H26F3N5O2S. The Morgan fingerprint density at radius 1 is 1.35 bits per heavy atom. The van der Waals surface area contributed by atoms with Crippen LogP contribution < -0.4 is 15.8 Å². The normalized spacial score (nSPS) is 14.6. The third-order valence-corrected chi connectivity index (χ3v) is 6.82. The second-order valence-corrected chi connectivity index (χ2v) is 9.43. The summed E-state index contributed by atoms with van der Waals surface area (Å²) in [7, 11) is 0. The highest BCUT2D eigenvalue weighted by atomic mass is 32.2. The van der Waals surface area contributed by atoms with Crippen molar-refractivity contribution in [2.24, 2.45) is 11.7 Å². The SMILES string of the molecule is C#CCOc1cnc(C(=O)Nc2cc(C)c(F)c([C@@H](C)C(C)[C@](C)(SC(=N)N)C(F)F)c2)cn1. The first kappa shape index (κ1) is 27.0. The van der Waals surface area contributed by atoms with Crippen LogP contribution in [0, 0.1) is 36.4 Å². The van der Waals surface area contributed by atoms with E-state index in [2.05, 4.69) is 21.2 Å². The predicted molar refractivity (Wildman–Crippen MR) is 127 cm³/mol. The largest absolute Gasteiger partial charge is 0.463 e. The minimum absolute atomic E-state index is 0.00396. The van der Waals surface area contributed by atoms with Crippen LogP contribution in [0.4, 0.5) is 18.9 Å². The number of carbonyl (C=O) groups excluding carboxylic acids is 1. The van der Waals surface area contributed by atoms with Crippen LogP contribution in [0.5, 0.6) is 5.88 Å². The minimum atomic E-state index is -2.81. The zero-order chi connectivity index (χ0) is 25.6. The van der Waals surface area contributed by atoms with Crippen molar-refractivity contribution in [1.82, 2.24) is 9.97 Å². The summed E-state index contributed by atoms with van der Waals surface area (Å²) < 4.78 is 46.3. The second kappa shape index (κ2) is 11.2. The van der Waals surface area contributed by atoms with Crippen molar-refractivity contribution in [3.05, 3.63) is 47.2 Å². The molecule has 0 saturated heterocycles. The van der Waals surface area contributed by atoms with Gasteiger partial charge in [-0.3, -0.25) is 10.2 Å². The number of anilines is 1. The molecule has 0 aliphatic carbocycles. The number of rotatable bonds is 9. The Morgan fingerprint density at radius 3 is 2.56 bits per heavy atom. The summed E-state index contributed by atoms with van der Waals surface area (Å²) >= 11 is 0.552. The summed E-state index contributed by atoms with van der Waals surface area (Å²) in [6.45, 7) is 6.00. The Morgan fingerprint density at radius 2 is 2.03 bits per heavy atom. The predicted octanol–water partition coefficient (Wildman–Crippen LogP) is 4.58. The molecule has 0 radical (unpaired) electrons. The van der Waals surface area contributed by atoms with Crippen molar-refractivity contribution in [1.29, 1.82) is 5.41 Å². The molecule has 0 aliphatic heterocycles. The van der Waals surface area contributed by atoms with Crippen LogP contribution in [0.2, 0.25) is 0 Å². The molecule has 11 heteroatoms. The van der Waals surface area contributed by atoms with E-state index in [1.54, 1.807) is 13.8 Å². The van der Waals surface area contributed by atoms with E-state index in [9.17, 15) is 13.6 Å². The summed E-state index contributed by atoms with van der Waals surface area (Å²) in [4.78, 5) is 20.5. The van der Waals surface area contributed by atoms with Crippen LogP contribution in [0.3, 0.4) is 0 Å². The number of amidine groups is 1. The van der Waals surface area contributed by atoms with E-state index in [4.69, 9.17) is 22.3 Å². The lowest BCUT2D eigenvalue weighted by Gasteiger charge is -2.37. The molecule has 0 saturated carbocycles. The molecule has 1 unspecified atom stereocenters. The van der Waals surface area contributed by atoms with Crippen LogP contribution in [-0.4, -0.2) is 38.8 Å². The topological polar surface area (TPSA) is 114 Å². The van der Waals surface area contributed by atoms with E-state index < -0.39 is 39.9 Å². The average molecular weight is 494 g/mol. The second-order valence-electron chi connectivity index (χ2n) is 7.91. The van der Waals surface area contributed by atoms with Gasteiger partial charge in [0.25, 0.3) is 12.3 Å². The minimum Gasteiger partial charge on any atom is -0.463 e. The van der Waals surface area contributed by atoms with Gasteiger partial charge in [-0.15, -0.1) is 6.42 Å². The van der Waals surface area contributed by atoms with Crippen molar-refractivity contribution in [2.45, 2.75) is 44.8 Å². The fourth-order valence-corrected chi connectivity index (χ4v) is 4.31. The maximum Gasteiger partial charge on any atom is 0.275 e. The monoisotopic (exact) mass is 493 g/mol. The van der Waals surface area contributed by atoms with Crippen LogP contribution in [0.25, 0.3) is 0 Å². The molecule has 0 bridgehead atoms. The summed E-state index contributed by atoms with van der Waals surface area (Å²) in [6.07, 6.45) is 4.75. The number of ether oxygens (including phenoxy) is 1. The van der Waals surface area contributed by atoms with Gasteiger partial charge in [0.05, 0.1) is 17.1 Å². The van der Waals surface area contributed by atoms with Crippen LogP contribution in [0.15, 0.2) is 24.5 Å². The number of nitrogens with two attached hydrogens (primary N) is 1. The van der Waals surface area contributed by atoms with Gasteiger partial charge in [-0.2, -0.15) is 0 Å². The van der Waals surface area contributed by atoms with Crippen LogP contribution >= 0.6 is 11.8 Å². The Balaban J connectivity index is 2.31. The van der Waals surface area contributed by atoms with Gasteiger partial charge in [-0.05, 0) is 48.9 Å². The Labute approximate surface area is 200 Å². The number of alkyl halides is 2. The third-order valence-electron chi connectivity index (χ3n) is 5.61. The standard InChI is InChI=1S/C23H26F3N5O2S/c1-6-7-33-18-11-29-17(10-30-18)20(32)31-15-8-12(2)19(24)16(9-15)13(3)14(4)23(5,21(25)26)34-22(27)28/h1,8-11,13-14,21H,7H2,2-5H3,(H3,27,28)(H,31,32)/t13-,14?,23-/m0/s1. The zero-order valence-corrected chi connectivity index (χ0v) is 20.0. The van der Waals surface area contributed by atoms with Crippen molar-refractivity contribution >= 4 is 28.5 Å².